The van der Waals surface area contributed by atoms with Crippen LogP contribution in [0, 0.1) is 6.92 Å². The van der Waals surface area contributed by atoms with E-state index in [1.807, 2.05) is 0 Å². The zero-order chi connectivity index (χ0) is 9.47. The van der Waals surface area contributed by atoms with Gasteiger partial charge in [-0.2, -0.15) is 0 Å². The first-order valence-electron chi connectivity index (χ1n) is 4.41. The Bertz CT molecular complexity index is 353. The number of aryl methyl sites for hydroxylation is 1. The monoisotopic (exact) mass is 238 g/mol. The molecule has 68 valence electrons. The summed E-state index contributed by atoms with van der Waals surface area (Å²) < 4.78 is 1.07. The molecule has 0 bridgehead atoms. The zero-order valence-electron chi connectivity index (χ0n) is 7.51. The van der Waals surface area contributed by atoms with Gasteiger partial charge in [0.15, 0.2) is 0 Å². The Morgan fingerprint density at radius 3 is 2.62 bits per heavy atom. The van der Waals surface area contributed by atoms with Crippen molar-refractivity contribution in [3.63, 3.8) is 0 Å². The Labute approximate surface area is 86.3 Å². The summed E-state index contributed by atoms with van der Waals surface area (Å²) in [6.45, 7) is 2.05. The summed E-state index contributed by atoms with van der Waals surface area (Å²) in [6.07, 6.45) is 3.08. The first kappa shape index (κ1) is 8.95. The average molecular weight is 239 g/mol. The minimum absolute atomic E-state index is 0.160. The van der Waals surface area contributed by atoms with Crippen LogP contribution in [-0.2, 0) is 10.2 Å². The smallest absolute Gasteiger partial charge is 0.130 e. The summed E-state index contributed by atoms with van der Waals surface area (Å²) in [6, 6.07) is 6.18. The lowest BCUT2D eigenvalue weighted by Crippen LogP contribution is -2.08. The van der Waals surface area contributed by atoms with Gasteiger partial charge in [0, 0.05) is 4.47 Å². The molecular formula is C11H11BrO. The van der Waals surface area contributed by atoms with Crippen molar-refractivity contribution < 1.29 is 4.79 Å². The molecule has 0 atom stereocenters. The Balaban J connectivity index is 2.47. The molecule has 0 spiro atoms. The molecule has 2 heteroatoms. The van der Waals surface area contributed by atoms with Crippen molar-refractivity contribution in [2.75, 3.05) is 0 Å². The van der Waals surface area contributed by atoms with Crippen LogP contribution in [0.2, 0.25) is 0 Å². The van der Waals surface area contributed by atoms with E-state index in [0.29, 0.717) is 0 Å². The van der Waals surface area contributed by atoms with E-state index >= 15 is 0 Å². The molecule has 0 heterocycles. The van der Waals surface area contributed by atoms with Gasteiger partial charge >= 0.3 is 0 Å². The number of hydrogen-bond acceptors (Lipinski definition) is 1. The topological polar surface area (TPSA) is 17.1 Å². The van der Waals surface area contributed by atoms with Gasteiger partial charge in [0.2, 0.25) is 0 Å². The second kappa shape index (κ2) is 2.95. The van der Waals surface area contributed by atoms with Crippen LogP contribution < -0.4 is 0 Å². The Kier molecular flexibility index (Phi) is 2.03. The number of halogens is 1. The van der Waals surface area contributed by atoms with Crippen molar-refractivity contribution in [1.82, 2.24) is 0 Å². The van der Waals surface area contributed by atoms with E-state index in [1.54, 1.807) is 0 Å². The van der Waals surface area contributed by atoms with Crippen LogP contribution in [0.5, 0.6) is 0 Å². The summed E-state index contributed by atoms with van der Waals surface area (Å²) in [5.41, 5.74) is 2.21. The SMILES string of the molecule is Cc1ccc(C2(C=O)CC2)c(Br)c1. The summed E-state index contributed by atoms with van der Waals surface area (Å²) in [5, 5.41) is 0. The van der Waals surface area contributed by atoms with Gasteiger partial charge < -0.3 is 4.79 Å². The Morgan fingerprint density at radius 2 is 2.15 bits per heavy atom. The molecule has 1 aromatic carbocycles. The van der Waals surface area contributed by atoms with Crippen LogP contribution in [-0.4, -0.2) is 6.29 Å². The highest BCUT2D eigenvalue weighted by molar-refractivity contribution is 9.10. The van der Waals surface area contributed by atoms with E-state index in [9.17, 15) is 4.79 Å². The van der Waals surface area contributed by atoms with Gasteiger partial charge in [-0.05, 0) is 37.0 Å². The van der Waals surface area contributed by atoms with Gasteiger partial charge in [-0.1, -0.05) is 28.1 Å². The van der Waals surface area contributed by atoms with Gasteiger partial charge in [0.25, 0.3) is 0 Å². The van der Waals surface area contributed by atoms with E-state index < -0.39 is 0 Å². The molecule has 1 aliphatic carbocycles. The molecule has 2 rings (SSSR count). The highest BCUT2D eigenvalue weighted by atomic mass is 79.9. The molecule has 0 aromatic heterocycles. The van der Waals surface area contributed by atoms with Crippen LogP contribution in [0.15, 0.2) is 22.7 Å². The van der Waals surface area contributed by atoms with E-state index in [1.165, 1.54) is 5.56 Å². The van der Waals surface area contributed by atoms with Gasteiger partial charge in [0.05, 0.1) is 5.41 Å². The highest BCUT2D eigenvalue weighted by Crippen LogP contribution is 2.48. The lowest BCUT2D eigenvalue weighted by Gasteiger charge is -2.10. The third-order valence-electron chi connectivity index (χ3n) is 2.68. The van der Waals surface area contributed by atoms with Crippen molar-refractivity contribution in [2.45, 2.75) is 25.2 Å². The van der Waals surface area contributed by atoms with Crippen LogP contribution in [0.1, 0.15) is 24.0 Å². The third kappa shape index (κ3) is 1.44. The number of hydrogen-bond donors (Lipinski definition) is 0. The van der Waals surface area contributed by atoms with E-state index in [0.717, 1.165) is 29.2 Å². The summed E-state index contributed by atoms with van der Waals surface area (Å²) in [7, 11) is 0. The predicted molar refractivity (Wildman–Crippen MR) is 55.9 cm³/mol. The van der Waals surface area contributed by atoms with Crippen molar-refractivity contribution >= 4 is 22.2 Å². The molecule has 0 N–H and O–H groups in total. The maximum atomic E-state index is 10.9. The summed E-state index contributed by atoms with van der Waals surface area (Å²) in [4.78, 5) is 10.9. The first-order valence-corrected chi connectivity index (χ1v) is 5.20. The quantitative estimate of drug-likeness (QED) is 0.725. The van der Waals surface area contributed by atoms with Gasteiger partial charge in [-0.25, -0.2) is 0 Å². The fraction of sp³-hybridized carbons (Fsp3) is 0.364. The second-order valence-electron chi connectivity index (χ2n) is 3.76. The molecule has 1 fully saturated rings. The normalized spacial score (nSPS) is 18.3. The van der Waals surface area contributed by atoms with Gasteiger partial charge in [-0.15, -0.1) is 0 Å². The molecule has 0 amide bonds. The van der Waals surface area contributed by atoms with E-state index in [2.05, 4.69) is 41.1 Å². The van der Waals surface area contributed by atoms with Crippen molar-refractivity contribution in [3.05, 3.63) is 33.8 Å². The largest absolute Gasteiger partial charge is 0.302 e. The van der Waals surface area contributed by atoms with Gasteiger partial charge in [0.1, 0.15) is 6.29 Å². The van der Waals surface area contributed by atoms with Crippen LogP contribution in [0.25, 0.3) is 0 Å². The van der Waals surface area contributed by atoms with E-state index in [-0.39, 0.29) is 5.41 Å². The second-order valence-corrected chi connectivity index (χ2v) is 4.61. The zero-order valence-corrected chi connectivity index (χ0v) is 9.10. The Morgan fingerprint density at radius 1 is 1.46 bits per heavy atom. The number of carbonyl (C=O) groups is 1. The van der Waals surface area contributed by atoms with Crippen molar-refractivity contribution in [3.8, 4) is 0 Å². The predicted octanol–water partition coefficient (Wildman–Crippen LogP) is 2.99. The fourth-order valence-electron chi connectivity index (χ4n) is 1.61. The van der Waals surface area contributed by atoms with Gasteiger partial charge in [-0.3, -0.25) is 0 Å². The summed E-state index contributed by atoms with van der Waals surface area (Å²) >= 11 is 3.50. The number of carbonyl (C=O) groups excluding carboxylic acids is 1. The van der Waals surface area contributed by atoms with Crippen LogP contribution >= 0.6 is 15.9 Å². The summed E-state index contributed by atoms with van der Waals surface area (Å²) in [5.74, 6) is 0. The number of benzene rings is 1. The lowest BCUT2D eigenvalue weighted by molar-refractivity contribution is -0.109. The molecule has 1 aromatic rings. The molecular weight excluding hydrogens is 228 g/mol. The lowest BCUT2D eigenvalue weighted by atomic mass is 9.97. The maximum absolute atomic E-state index is 10.9. The van der Waals surface area contributed by atoms with Crippen LogP contribution in [0.4, 0.5) is 0 Å². The molecule has 1 nitrogen and oxygen atoms in total. The van der Waals surface area contributed by atoms with Crippen molar-refractivity contribution in [2.24, 2.45) is 0 Å². The number of rotatable bonds is 2. The van der Waals surface area contributed by atoms with Crippen molar-refractivity contribution in [1.29, 1.82) is 0 Å². The minimum Gasteiger partial charge on any atom is -0.302 e. The standard InChI is InChI=1S/C11H11BrO/c1-8-2-3-9(10(12)6-8)11(7-13)4-5-11/h2-3,6-7H,4-5H2,1H3. The molecule has 1 aliphatic rings. The Hall–Kier alpha value is -0.630. The molecule has 0 aliphatic heterocycles. The average Bonchev–Trinajstić information content (AvgIpc) is 2.85. The molecule has 0 radical (unpaired) electrons. The first-order chi connectivity index (χ1) is 6.18. The maximum Gasteiger partial charge on any atom is 0.130 e. The molecule has 1 saturated carbocycles. The molecule has 0 unspecified atom stereocenters. The highest BCUT2D eigenvalue weighted by Gasteiger charge is 2.45. The van der Waals surface area contributed by atoms with E-state index in [4.69, 9.17) is 0 Å². The fourth-order valence-corrected chi connectivity index (χ4v) is 2.50. The number of aldehydes is 1. The van der Waals surface area contributed by atoms with Crippen LogP contribution in [0.3, 0.4) is 0 Å². The molecule has 0 saturated heterocycles. The minimum atomic E-state index is -0.160. The third-order valence-corrected chi connectivity index (χ3v) is 3.33. The molecule has 13 heavy (non-hydrogen) atoms.